The van der Waals surface area contributed by atoms with E-state index in [1.807, 2.05) is 17.8 Å². The van der Waals surface area contributed by atoms with Crippen molar-refractivity contribution in [2.45, 2.75) is 12.2 Å². The number of hydrogen-bond donors (Lipinski definition) is 1. The zero-order valence-corrected chi connectivity index (χ0v) is 11.9. The third-order valence-corrected chi connectivity index (χ3v) is 5.16. The monoisotopic (exact) mass is 312 g/mol. The van der Waals surface area contributed by atoms with Crippen LogP contribution in [0.15, 0.2) is 18.2 Å². The molecule has 0 saturated heterocycles. The number of thiophene rings is 1. The van der Waals surface area contributed by atoms with Crippen molar-refractivity contribution in [3.05, 3.63) is 45.4 Å². The van der Waals surface area contributed by atoms with Gasteiger partial charge in [-0.25, -0.2) is 0 Å². The molecule has 0 radical (unpaired) electrons. The topological polar surface area (TPSA) is 42.0 Å². The molecule has 2 aromatic heterocycles. The molecule has 20 heavy (non-hydrogen) atoms. The van der Waals surface area contributed by atoms with Crippen LogP contribution in [0.2, 0.25) is 0 Å². The SMILES string of the molecule is O=C(Nc1ccc(F)nc1F)c1cc2c(s1)CCSC2. The number of hydrogen-bond acceptors (Lipinski definition) is 4. The quantitative estimate of drug-likeness (QED) is 0.864. The zero-order chi connectivity index (χ0) is 14.1. The van der Waals surface area contributed by atoms with E-state index in [4.69, 9.17) is 0 Å². The lowest BCUT2D eigenvalue weighted by Gasteiger charge is -2.08. The van der Waals surface area contributed by atoms with E-state index in [1.165, 1.54) is 27.8 Å². The van der Waals surface area contributed by atoms with E-state index in [2.05, 4.69) is 10.3 Å². The Balaban J connectivity index is 1.80. The van der Waals surface area contributed by atoms with Gasteiger partial charge in [-0.3, -0.25) is 4.79 Å². The minimum atomic E-state index is -1.02. The third kappa shape index (κ3) is 2.69. The van der Waals surface area contributed by atoms with Gasteiger partial charge in [0.2, 0.25) is 11.9 Å². The molecule has 3 heterocycles. The molecule has 1 aliphatic heterocycles. The van der Waals surface area contributed by atoms with E-state index < -0.39 is 11.9 Å². The maximum atomic E-state index is 13.4. The second-order valence-electron chi connectivity index (χ2n) is 4.29. The molecular formula is C13H10F2N2OS2. The van der Waals surface area contributed by atoms with E-state index in [0.29, 0.717) is 4.88 Å². The van der Waals surface area contributed by atoms with Crippen LogP contribution < -0.4 is 5.32 Å². The van der Waals surface area contributed by atoms with Crippen molar-refractivity contribution in [3.63, 3.8) is 0 Å². The maximum Gasteiger partial charge on any atom is 0.265 e. The van der Waals surface area contributed by atoms with Gasteiger partial charge in [-0.1, -0.05) is 0 Å². The maximum absolute atomic E-state index is 13.4. The van der Waals surface area contributed by atoms with E-state index in [-0.39, 0.29) is 11.6 Å². The highest BCUT2D eigenvalue weighted by Gasteiger charge is 2.18. The Morgan fingerprint density at radius 2 is 2.20 bits per heavy atom. The molecule has 0 aromatic carbocycles. The Morgan fingerprint density at radius 1 is 1.35 bits per heavy atom. The van der Waals surface area contributed by atoms with Gasteiger partial charge in [-0.15, -0.1) is 11.3 Å². The van der Waals surface area contributed by atoms with Crippen LogP contribution in [-0.2, 0) is 12.2 Å². The standard InChI is InChI=1S/C13H10F2N2OS2/c14-11-2-1-8(12(15)17-11)16-13(18)10-5-7-6-19-4-3-9(7)20-10/h1-2,5H,3-4,6H2,(H,16,18). The van der Waals surface area contributed by atoms with Gasteiger partial charge < -0.3 is 5.32 Å². The van der Waals surface area contributed by atoms with Gasteiger partial charge >= 0.3 is 0 Å². The Morgan fingerprint density at radius 3 is 2.95 bits per heavy atom. The summed E-state index contributed by atoms with van der Waals surface area (Å²) in [6, 6.07) is 4.02. The van der Waals surface area contributed by atoms with Crippen LogP contribution in [0.1, 0.15) is 20.1 Å². The molecule has 3 rings (SSSR count). The largest absolute Gasteiger partial charge is 0.317 e. The van der Waals surface area contributed by atoms with Gasteiger partial charge in [0.25, 0.3) is 5.91 Å². The molecule has 0 spiro atoms. The summed E-state index contributed by atoms with van der Waals surface area (Å²) >= 11 is 3.26. The number of fused-ring (bicyclic) bond motifs is 1. The number of aryl methyl sites for hydroxylation is 1. The van der Waals surface area contributed by atoms with Crippen molar-refractivity contribution >= 4 is 34.7 Å². The van der Waals surface area contributed by atoms with Crippen molar-refractivity contribution in [3.8, 4) is 0 Å². The minimum absolute atomic E-state index is 0.114. The van der Waals surface area contributed by atoms with Crippen LogP contribution in [0.25, 0.3) is 0 Å². The molecule has 3 nitrogen and oxygen atoms in total. The highest BCUT2D eigenvalue weighted by Crippen LogP contribution is 2.32. The summed E-state index contributed by atoms with van der Waals surface area (Å²) < 4.78 is 26.1. The molecule has 1 amide bonds. The fraction of sp³-hybridized carbons (Fsp3) is 0.231. The number of aromatic nitrogens is 1. The molecule has 0 atom stereocenters. The number of pyridine rings is 1. The predicted octanol–water partition coefficient (Wildman–Crippen LogP) is 3.46. The summed E-state index contributed by atoms with van der Waals surface area (Å²) in [5.41, 5.74) is 1.06. The Bertz CT molecular complexity index is 649. The molecular weight excluding hydrogens is 302 g/mol. The molecule has 0 aliphatic carbocycles. The number of thioether (sulfide) groups is 1. The first kappa shape index (κ1) is 13.5. The first-order valence-electron chi connectivity index (χ1n) is 5.96. The van der Waals surface area contributed by atoms with E-state index in [0.717, 1.165) is 24.0 Å². The second kappa shape index (κ2) is 5.49. The molecule has 7 heteroatoms. The van der Waals surface area contributed by atoms with E-state index in [9.17, 15) is 13.6 Å². The van der Waals surface area contributed by atoms with Gasteiger partial charge in [-0.05, 0) is 35.9 Å². The van der Waals surface area contributed by atoms with Gasteiger partial charge in [0.1, 0.15) is 0 Å². The fourth-order valence-corrected chi connectivity index (χ4v) is 4.22. The molecule has 1 N–H and O–H groups in total. The highest BCUT2D eigenvalue weighted by molar-refractivity contribution is 7.98. The van der Waals surface area contributed by atoms with Crippen molar-refractivity contribution in [1.82, 2.24) is 4.98 Å². The normalized spacial score (nSPS) is 13.9. The molecule has 0 fully saturated rings. The summed E-state index contributed by atoms with van der Waals surface area (Å²) in [5, 5.41) is 2.42. The minimum Gasteiger partial charge on any atom is -0.317 e. The van der Waals surface area contributed by atoms with Crippen LogP contribution in [0.5, 0.6) is 0 Å². The zero-order valence-electron chi connectivity index (χ0n) is 10.3. The average Bonchev–Trinajstić information content (AvgIpc) is 2.86. The van der Waals surface area contributed by atoms with E-state index >= 15 is 0 Å². The summed E-state index contributed by atoms with van der Waals surface area (Å²) in [6.45, 7) is 0. The first-order valence-corrected chi connectivity index (χ1v) is 7.93. The number of nitrogens with one attached hydrogen (secondary N) is 1. The molecule has 104 valence electrons. The average molecular weight is 312 g/mol. The third-order valence-electron chi connectivity index (χ3n) is 2.91. The van der Waals surface area contributed by atoms with Crippen LogP contribution >= 0.6 is 23.1 Å². The molecule has 2 aromatic rings. The molecule has 1 aliphatic rings. The number of anilines is 1. The lowest BCUT2D eigenvalue weighted by atomic mass is 10.2. The van der Waals surface area contributed by atoms with Crippen molar-refractivity contribution in [1.29, 1.82) is 0 Å². The highest BCUT2D eigenvalue weighted by atomic mass is 32.2. The lowest BCUT2D eigenvalue weighted by molar-refractivity contribution is 0.103. The van der Waals surface area contributed by atoms with Crippen LogP contribution in [0, 0.1) is 11.9 Å². The van der Waals surface area contributed by atoms with Crippen molar-refractivity contribution < 1.29 is 13.6 Å². The Kier molecular flexibility index (Phi) is 3.71. The van der Waals surface area contributed by atoms with Gasteiger partial charge in [0, 0.05) is 10.6 Å². The van der Waals surface area contributed by atoms with Gasteiger partial charge in [0.05, 0.1) is 10.6 Å². The number of rotatable bonds is 2. The van der Waals surface area contributed by atoms with Crippen molar-refractivity contribution in [2.24, 2.45) is 0 Å². The summed E-state index contributed by atoms with van der Waals surface area (Å²) in [5.74, 6) is -0.350. The second-order valence-corrected chi connectivity index (χ2v) is 6.53. The summed E-state index contributed by atoms with van der Waals surface area (Å²) in [4.78, 5) is 16.9. The van der Waals surface area contributed by atoms with Gasteiger partial charge in [-0.2, -0.15) is 25.5 Å². The van der Waals surface area contributed by atoms with Gasteiger partial charge in [0.15, 0.2) is 0 Å². The van der Waals surface area contributed by atoms with Crippen molar-refractivity contribution in [2.75, 3.05) is 11.1 Å². The number of halogens is 2. The summed E-state index contributed by atoms with van der Waals surface area (Å²) in [6.07, 6.45) is 0.963. The number of carbonyl (C=O) groups is 1. The summed E-state index contributed by atoms with van der Waals surface area (Å²) in [7, 11) is 0. The smallest absolute Gasteiger partial charge is 0.265 e. The fourth-order valence-electron chi connectivity index (χ4n) is 1.95. The number of nitrogens with zero attached hydrogens (tertiary/aromatic N) is 1. The molecule has 0 bridgehead atoms. The predicted molar refractivity (Wildman–Crippen MR) is 76.3 cm³/mol. The van der Waals surface area contributed by atoms with E-state index in [1.54, 1.807) is 0 Å². The first-order chi connectivity index (χ1) is 9.63. The lowest BCUT2D eigenvalue weighted by Crippen LogP contribution is -2.12. The van der Waals surface area contributed by atoms with Crippen LogP contribution in [0.4, 0.5) is 14.5 Å². The Labute approximate surface area is 122 Å². The molecule has 0 saturated carbocycles. The van der Waals surface area contributed by atoms with Crippen LogP contribution in [0.3, 0.4) is 0 Å². The van der Waals surface area contributed by atoms with Crippen LogP contribution in [-0.4, -0.2) is 16.6 Å². The number of amides is 1. The Hall–Kier alpha value is -1.47. The molecule has 0 unspecified atom stereocenters. The number of carbonyl (C=O) groups excluding carboxylic acids is 1.